The summed E-state index contributed by atoms with van der Waals surface area (Å²) in [7, 11) is 0. The van der Waals surface area contributed by atoms with Crippen molar-refractivity contribution in [2.75, 3.05) is 25.0 Å². The van der Waals surface area contributed by atoms with Gasteiger partial charge in [-0.1, -0.05) is 0 Å². The Bertz CT molecular complexity index is 624. The summed E-state index contributed by atoms with van der Waals surface area (Å²) in [5.74, 6) is 0.751. The van der Waals surface area contributed by atoms with Crippen LogP contribution in [0, 0.1) is 5.82 Å². The topological polar surface area (TPSA) is 88.2 Å². The number of amides is 2. The molecule has 24 heavy (non-hydrogen) atoms. The van der Waals surface area contributed by atoms with Crippen LogP contribution in [-0.4, -0.2) is 41.7 Å². The van der Waals surface area contributed by atoms with E-state index in [0.29, 0.717) is 24.8 Å². The maximum atomic E-state index is 12.8. The zero-order chi connectivity index (χ0) is 17.2. The molecule has 1 unspecified atom stereocenters. The monoisotopic (exact) mass is 333 g/mol. The maximum Gasteiger partial charge on any atom is 0.315 e. The first-order valence-electron chi connectivity index (χ1n) is 7.57. The van der Waals surface area contributed by atoms with Crippen LogP contribution in [0.4, 0.5) is 15.1 Å². The second kappa shape index (κ2) is 9.29. The molecule has 1 aromatic carbocycles. The van der Waals surface area contributed by atoms with Gasteiger partial charge in [-0.3, -0.25) is 0 Å². The quantitative estimate of drug-likeness (QED) is 0.641. The highest BCUT2D eigenvalue weighted by molar-refractivity contribution is 5.74. The molecular weight excluding hydrogens is 313 g/mol. The van der Waals surface area contributed by atoms with Crippen LogP contribution in [0.1, 0.15) is 6.92 Å². The van der Waals surface area contributed by atoms with Crippen LogP contribution in [0.5, 0.6) is 5.75 Å². The third-order valence-corrected chi connectivity index (χ3v) is 2.95. The second-order valence-electron chi connectivity index (χ2n) is 5.07. The fourth-order valence-electron chi connectivity index (χ4n) is 1.81. The van der Waals surface area contributed by atoms with E-state index < -0.39 is 0 Å². The Kier molecular flexibility index (Phi) is 6.75. The van der Waals surface area contributed by atoms with Crippen LogP contribution < -0.4 is 20.7 Å². The summed E-state index contributed by atoms with van der Waals surface area (Å²) in [4.78, 5) is 19.8. The number of benzene rings is 1. The first-order valence-corrected chi connectivity index (χ1v) is 7.57. The van der Waals surface area contributed by atoms with Crippen molar-refractivity contribution in [2.45, 2.75) is 13.0 Å². The Morgan fingerprint density at radius 1 is 1.21 bits per heavy atom. The Morgan fingerprint density at radius 3 is 2.62 bits per heavy atom. The lowest BCUT2D eigenvalue weighted by Crippen LogP contribution is -2.44. The average Bonchev–Trinajstić information content (AvgIpc) is 2.59. The summed E-state index contributed by atoms with van der Waals surface area (Å²) in [6, 6.07) is 6.97. The Balaban J connectivity index is 1.58. The van der Waals surface area contributed by atoms with Crippen LogP contribution in [0.15, 0.2) is 42.7 Å². The Hall–Kier alpha value is -2.90. The van der Waals surface area contributed by atoms with Crippen molar-refractivity contribution in [3.63, 3.8) is 0 Å². The van der Waals surface area contributed by atoms with Gasteiger partial charge in [0.1, 0.15) is 18.2 Å². The fraction of sp³-hybridized carbons (Fsp3) is 0.312. The minimum Gasteiger partial charge on any atom is -0.491 e. The molecule has 0 aliphatic rings. The Labute approximate surface area is 139 Å². The summed E-state index contributed by atoms with van der Waals surface area (Å²) in [5.41, 5.74) is 0. The van der Waals surface area contributed by atoms with Gasteiger partial charge in [-0.2, -0.15) is 0 Å². The predicted octanol–water partition coefficient (Wildman–Crippen LogP) is 1.79. The molecule has 3 N–H and O–H groups in total. The summed E-state index contributed by atoms with van der Waals surface area (Å²) in [6.45, 7) is 3.04. The normalized spacial score (nSPS) is 11.4. The maximum absolute atomic E-state index is 12.8. The average molecular weight is 333 g/mol. The van der Waals surface area contributed by atoms with Crippen molar-refractivity contribution in [1.29, 1.82) is 0 Å². The van der Waals surface area contributed by atoms with E-state index >= 15 is 0 Å². The molecule has 2 aromatic rings. The molecule has 0 aliphatic heterocycles. The van der Waals surface area contributed by atoms with Crippen molar-refractivity contribution in [3.8, 4) is 5.75 Å². The van der Waals surface area contributed by atoms with Crippen molar-refractivity contribution in [2.24, 2.45) is 0 Å². The van der Waals surface area contributed by atoms with Crippen LogP contribution in [0.2, 0.25) is 0 Å². The van der Waals surface area contributed by atoms with Crippen molar-refractivity contribution >= 4 is 12.0 Å². The molecule has 0 aliphatic carbocycles. The summed E-state index contributed by atoms with van der Waals surface area (Å²) in [6.07, 6.45) is 3.27. The van der Waals surface area contributed by atoms with Gasteiger partial charge in [0.25, 0.3) is 0 Å². The van der Waals surface area contributed by atoms with E-state index in [-0.39, 0.29) is 24.5 Å². The molecule has 1 heterocycles. The smallest absolute Gasteiger partial charge is 0.315 e. The van der Waals surface area contributed by atoms with E-state index in [9.17, 15) is 9.18 Å². The molecule has 8 heteroatoms. The van der Waals surface area contributed by atoms with E-state index in [1.54, 1.807) is 30.6 Å². The van der Waals surface area contributed by atoms with Gasteiger partial charge in [-0.05, 0) is 37.3 Å². The molecule has 1 aromatic heterocycles. The van der Waals surface area contributed by atoms with E-state index in [1.807, 2.05) is 6.92 Å². The van der Waals surface area contributed by atoms with Gasteiger partial charge in [0.15, 0.2) is 0 Å². The molecule has 2 amide bonds. The number of hydrogen-bond acceptors (Lipinski definition) is 5. The van der Waals surface area contributed by atoms with Gasteiger partial charge >= 0.3 is 6.03 Å². The molecule has 0 saturated carbocycles. The number of anilines is 1. The van der Waals surface area contributed by atoms with Gasteiger partial charge in [0, 0.05) is 25.5 Å². The van der Waals surface area contributed by atoms with E-state index in [4.69, 9.17) is 4.74 Å². The molecule has 1 atom stereocenters. The number of carbonyl (C=O) groups excluding carboxylic acids is 1. The van der Waals surface area contributed by atoms with Gasteiger partial charge in [-0.15, -0.1) is 0 Å². The molecule has 0 saturated heterocycles. The first-order chi connectivity index (χ1) is 11.6. The highest BCUT2D eigenvalue weighted by atomic mass is 19.1. The molecule has 0 fully saturated rings. The number of halogens is 1. The van der Waals surface area contributed by atoms with Crippen LogP contribution >= 0.6 is 0 Å². The van der Waals surface area contributed by atoms with E-state index in [0.717, 1.165) is 0 Å². The van der Waals surface area contributed by atoms with Gasteiger partial charge in [0.05, 0.1) is 6.04 Å². The van der Waals surface area contributed by atoms with Gasteiger partial charge in [0.2, 0.25) is 5.95 Å². The zero-order valence-corrected chi connectivity index (χ0v) is 13.3. The number of nitrogens with one attached hydrogen (secondary N) is 3. The molecule has 2 rings (SSSR count). The molecule has 128 valence electrons. The molecule has 0 radical (unpaired) electrons. The fourth-order valence-corrected chi connectivity index (χ4v) is 1.81. The highest BCUT2D eigenvalue weighted by Gasteiger charge is 2.07. The molecule has 0 bridgehead atoms. The largest absolute Gasteiger partial charge is 0.491 e. The number of nitrogens with zero attached hydrogens (tertiary/aromatic N) is 2. The number of carbonyl (C=O) groups is 1. The summed E-state index contributed by atoms with van der Waals surface area (Å²) >= 11 is 0. The lowest BCUT2D eigenvalue weighted by molar-refractivity contribution is 0.227. The lowest BCUT2D eigenvalue weighted by atomic mass is 10.3. The molecular formula is C16H20FN5O2. The van der Waals surface area contributed by atoms with Gasteiger partial charge in [-0.25, -0.2) is 19.2 Å². The van der Waals surface area contributed by atoms with Crippen molar-refractivity contribution in [3.05, 3.63) is 48.5 Å². The number of urea groups is 1. The SMILES string of the molecule is CC(COc1ccc(F)cc1)NC(=O)NCCNc1ncccn1. The number of aromatic nitrogens is 2. The molecule has 0 spiro atoms. The van der Waals surface area contributed by atoms with Crippen LogP contribution in [-0.2, 0) is 0 Å². The van der Waals surface area contributed by atoms with Crippen LogP contribution in [0.25, 0.3) is 0 Å². The highest BCUT2D eigenvalue weighted by Crippen LogP contribution is 2.11. The Morgan fingerprint density at radius 2 is 1.92 bits per heavy atom. The van der Waals surface area contributed by atoms with E-state index in [1.165, 1.54) is 12.1 Å². The third-order valence-electron chi connectivity index (χ3n) is 2.95. The third kappa shape index (κ3) is 6.47. The minimum absolute atomic E-state index is 0.194. The lowest BCUT2D eigenvalue weighted by Gasteiger charge is -2.15. The second-order valence-corrected chi connectivity index (χ2v) is 5.07. The minimum atomic E-state index is -0.317. The van der Waals surface area contributed by atoms with E-state index in [2.05, 4.69) is 25.9 Å². The predicted molar refractivity (Wildman–Crippen MR) is 88.4 cm³/mol. The zero-order valence-electron chi connectivity index (χ0n) is 13.3. The standard InChI is InChI=1S/C16H20FN5O2/c1-12(11-24-14-5-3-13(17)4-6-14)22-16(23)21-10-9-20-15-18-7-2-8-19-15/h2-8,12H,9-11H2,1H3,(H,18,19,20)(H2,21,22,23). The first kappa shape index (κ1) is 17.5. The van der Waals surface area contributed by atoms with Gasteiger partial charge < -0.3 is 20.7 Å². The summed E-state index contributed by atoms with van der Waals surface area (Å²) in [5, 5.41) is 8.45. The van der Waals surface area contributed by atoms with Crippen LogP contribution in [0.3, 0.4) is 0 Å². The number of hydrogen-bond donors (Lipinski definition) is 3. The van der Waals surface area contributed by atoms with Crippen molar-refractivity contribution < 1.29 is 13.9 Å². The molecule has 7 nitrogen and oxygen atoms in total. The number of rotatable bonds is 8. The summed E-state index contributed by atoms with van der Waals surface area (Å²) < 4.78 is 18.2. The number of ether oxygens (including phenoxy) is 1. The van der Waals surface area contributed by atoms with Crippen molar-refractivity contribution in [1.82, 2.24) is 20.6 Å².